The Balaban J connectivity index is 1.37. The third-order valence-electron chi connectivity index (χ3n) is 9.87. The molecule has 0 saturated carbocycles. The first kappa shape index (κ1) is 32.6. The molecule has 4 heterocycles. The van der Waals surface area contributed by atoms with Crippen molar-refractivity contribution < 1.29 is 28.3 Å². The molecule has 2 aromatic carbocycles. The zero-order valence-electron chi connectivity index (χ0n) is 26.4. The molecule has 1 aromatic heterocycles. The Kier molecular flexibility index (Phi) is 8.77. The van der Waals surface area contributed by atoms with Crippen molar-refractivity contribution in [1.29, 1.82) is 0 Å². The predicted octanol–water partition coefficient (Wildman–Crippen LogP) is 5.30. The minimum atomic E-state index is -3.46. The number of hydrogen-bond donors (Lipinski definition) is 1. The number of aromatic nitrogens is 1. The summed E-state index contributed by atoms with van der Waals surface area (Å²) in [6.45, 7) is 5.72. The second kappa shape index (κ2) is 12.4. The van der Waals surface area contributed by atoms with Crippen LogP contribution in [0, 0.1) is 5.92 Å². The summed E-state index contributed by atoms with van der Waals surface area (Å²) in [5.74, 6) is -0.813. The predicted molar refractivity (Wildman–Crippen MR) is 178 cm³/mol. The number of fused-ring (bicyclic) bond motifs is 2. The molecule has 1 spiro atoms. The fraction of sp³-hybridized carbons (Fsp3) is 0.441. The van der Waals surface area contributed by atoms with Crippen LogP contribution in [0.25, 0.3) is 5.69 Å². The molecule has 1 N–H and O–H groups in total. The Morgan fingerprint density at radius 2 is 1.96 bits per heavy atom. The van der Waals surface area contributed by atoms with Gasteiger partial charge in [-0.2, -0.15) is 0 Å². The van der Waals surface area contributed by atoms with E-state index < -0.39 is 31.6 Å². The summed E-state index contributed by atoms with van der Waals surface area (Å²) in [5, 5.41) is 9.82. The van der Waals surface area contributed by atoms with E-state index in [1.807, 2.05) is 49.4 Å². The van der Waals surface area contributed by atoms with Gasteiger partial charge in [0.25, 0.3) is 11.5 Å². The van der Waals surface area contributed by atoms with E-state index >= 15 is 4.11 Å². The van der Waals surface area contributed by atoms with Gasteiger partial charge < -0.3 is 28.5 Å². The lowest BCUT2D eigenvalue weighted by atomic mass is 9.82. The number of carbonyl (C=O) groups excluding carboxylic acids is 2. The topological polar surface area (TPSA) is 101 Å². The van der Waals surface area contributed by atoms with Crippen molar-refractivity contribution in [3.05, 3.63) is 86.7 Å². The molecular formula is C34H39BrFN3O6Si. The van der Waals surface area contributed by atoms with E-state index in [4.69, 9.17) is 9.47 Å². The third-order valence-corrected chi connectivity index (χ3v) is 12.8. The Morgan fingerprint density at radius 1 is 1.17 bits per heavy atom. The zero-order valence-corrected chi connectivity index (χ0v) is 29.0. The Morgan fingerprint density at radius 3 is 2.67 bits per heavy atom. The maximum atomic E-state index is 16.2. The fourth-order valence-electron chi connectivity index (χ4n) is 7.84. The van der Waals surface area contributed by atoms with Crippen molar-refractivity contribution in [3.8, 4) is 11.4 Å². The molecule has 6 rings (SSSR count). The average molecular weight is 713 g/mol. The van der Waals surface area contributed by atoms with Gasteiger partial charge in [-0.1, -0.05) is 35.0 Å². The van der Waals surface area contributed by atoms with Crippen molar-refractivity contribution in [2.24, 2.45) is 5.92 Å². The smallest absolute Gasteiger partial charge is 0.297 e. The summed E-state index contributed by atoms with van der Waals surface area (Å²) >= 11 is 3.57. The summed E-state index contributed by atoms with van der Waals surface area (Å²) in [6, 6.07) is 16.1. The highest BCUT2D eigenvalue weighted by atomic mass is 79.9. The van der Waals surface area contributed by atoms with Crippen molar-refractivity contribution in [3.63, 3.8) is 0 Å². The minimum Gasteiger partial charge on any atom is -0.491 e. The van der Waals surface area contributed by atoms with Gasteiger partial charge in [-0.3, -0.25) is 19.0 Å². The number of aliphatic hydroxyl groups excluding tert-OH is 1. The number of benzene rings is 2. The van der Waals surface area contributed by atoms with Crippen LogP contribution in [0.2, 0.25) is 18.6 Å². The van der Waals surface area contributed by atoms with E-state index in [1.54, 1.807) is 41.2 Å². The average Bonchev–Trinajstić information content (AvgIpc) is 3.68. The van der Waals surface area contributed by atoms with E-state index in [9.17, 15) is 19.5 Å². The van der Waals surface area contributed by atoms with Crippen molar-refractivity contribution >= 4 is 41.8 Å². The van der Waals surface area contributed by atoms with E-state index in [1.165, 1.54) is 11.7 Å². The molecule has 2 fully saturated rings. The number of aliphatic hydroxyl groups is 1. The van der Waals surface area contributed by atoms with Gasteiger partial charge in [0.15, 0.2) is 11.4 Å². The van der Waals surface area contributed by atoms with Crippen LogP contribution in [0.3, 0.4) is 0 Å². The summed E-state index contributed by atoms with van der Waals surface area (Å²) in [5.41, 5.74) is 0.311. The van der Waals surface area contributed by atoms with E-state index in [2.05, 4.69) is 15.9 Å². The van der Waals surface area contributed by atoms with E-state index in [0.717, 1.165) is 22.9 Å². The van der Waals surface area contributed by atoms with E-state index in [-0.39, 0.29) is 48.7 Å². The molecule has 0 bridgehead atoms. The lowest BCUT2D eigenvalue weighted by Crippen LogP contribution is -2.45. The number of amides is 2. The Hall–Kier alpha value is -3.32. The lowest BCUT2D eigenvalue weighted by molar-refractivity contribution is -0.150. The number of carbonyl (C=O) groups is 2. The summed E-state index contributed by atoms with van der Waals surface area (Å²) in [7, 11) is -2.02. The highest BCUT2D eigenvalue weighted by molar-refractivity contribution is 9.10. The van der Waals surface area contributed by atoms with Crippen LogP contribution in [0.5, 0.6) is 5.75 Å². The van der Waals surface area contributed by atoms with Crippen molar-refractivity contribution in [1.82, 2.24) is 9.47 Å². The summed E-state index contributed by atoms with van der Waals surface area (Å²) in [4.78, 5) is 44.6. The van der Waals surface area contributed by atoms with Crippen molar-refractivity contribution in [2.45, 2.75) is 69.1 Å². The molecule has 3 aromatic rings. The SMILES string of the molecule is COc1cccn(-c2cccc(CN3C(=O)[C@@]4(O[C@@H](CC(=O)N5CCC[C@H]5CO)[C@H]([Si](C)(C)F)[C@H]4C)c4cc(Br)ccc43)c2)c1=O. The van der Waals surface area contributed by atoms with Crippen LogP contribution in [-0.4, -0.2) is 67.2 Å². The van der Waals surface area contributed by atoms with Gasteiger partial charge in [0.05, 0.1) is 44.5 Å². The van der Waals surface area contributed by atoms with Gasteiger partial charge >= 0.3 is 0 Å². The fourth-order valence-corrected chi connectivity index (χ4v) is 10.7. The zero-order chi connectivity index (χ0) is 33.0. The van der Waals surface area contributed by atoms with Gasteiger partial charge in [-0.25, -0.2) is 0 Å². The monoisotopic (exact) mass is 711 g/mol. The number of likely N-dealkylation sites (tertiary alicyclic amines) is 1. The normalized spacial score (nSPS) is 25.8. The molecule has 2 amide bonds. The number of pyridine rings is 1. The molecule has 0 aliphatic carbocycles. The Bertz CT molecular complexity index is 1730. The molecule has 12 heteroatoms. The quantitative estimate of drug-likeness (QED) is 0.251. The Labute approximate surface area is 277 Å². The van der Waals surface area contributed by atoms with Crippen LogP contribution in [0.1, 0.15) is 37.3 Å². The van der Waals surface area contributed by atoms with Gasteiger partial charge in [-0.15, -0.1) is 0 Å². The maximum Gasteiger partial charge on any atom is 0.297 e. The molecule has 5 atom stereocenters. The minimum absolute atomic E-state index is 0.0540. The maximum absolute atomic E-state index is 16.2. The van der Waals surface area contributed by atoms with Gasteiger partial charge in [0, 0.05) is 39.9 Å². The number of halogens is 2. The molecule has 46 heavy (non-hydrogen) atoms. The van der Waals surface area contributed by atoms with Crippen LogP contribution in [0.4, 0.5) is 9.80 Å². The van der Waals surface area contributed by atoms with Crippen LogP contribution >= 0.6 is 15.9 Å². The number of anilines is 1. The number of rotatable bonds is 8. The first-order chi connectivity index (χ1) is 21.9. The number of ether oxygens (including phenoxy) is 2. The second-order valence-corrected chi connectivity index (χ2v) is 17.7. The number of nitrogens with zero attached hydrogens (tertiary/aromatic N) is 3. The van der Waals surface area contributed by atoms with Crippen LogP contribution < -0.4 is 15.2 Å². The molecule has 2 saturated heterocycles. The van der Waals surface area contributed by atoms with Gasteiger partial charge in [0.1, 0.15) is 0 Å². The van der Waals surface area contributed by atoms with Gasteiger partial charge in [-0.05, 0) is 74.0 Å². The summed E-state index contributed by atoms with van der Waals surface area (Å²) < 4.78 is 30.5. The molecule has 3 aliphatic heterocycles. The van der Waals surface area contributed by atoms with Crippen LogP contribution in [-0.2, 0) is 26.5 Å². The van der Waals surface area contributed by atoms with E-state index in [0.29, 0.717) is 23.5 Å². The second-order valence-electron chi connectivity index (χ2n) is 13.0. The highest BCUT2D eigenvalue weighted by Gasteiger charge is 2.67. The number of methoxy groups -OCH3 is 1. The molecule has 9 nitrogen and oxygen atoms in total. The number of hydrogen-bond acceptors (Lipinski definition) is 6. The highest BCUT2D eigenvalue weighted by Crippen LogP contribution is 2.60. The van der Waals surface area contributed by atoms with Gasteiger partial charge in [0.2, 0.25) is 14.3 Å². The van der Waals surface area contributed by atoms with Crippen LogP contribution in [0.15, 0.2) is 70.1 Å². The first-order valence-corrected chi connectivity index (χ1v) is 19.4. The standard InChI is InChI=1S/C34H39BrFN3O6Si/c1-21-31(46(3,4)36)29(18-30(41)37-14-6-10-25(37)20-40)45-34(21)26-17-23(35)12-13-27(26)39(33(34)43)19-22-8-5-9-24(16-22)38-15-7-11-28(44-2)32(38)42/h5,7-9,11-13,15-17,21,25,29,31,40H,6,10,14,18-20H2,1-4H3/t21-,25+,29+,31-,34+/m1/s1. The first-order valence-electron chi connectivity index (χ1n) is 15.6. The van der Waals surface area contributed by atoms with Crippen molar-refractivity contribution in [2.75, 3.05) is 25.2 Å². The molecule has 0 radical (unpaired) electrons. The molecule has 0 unspecified atom stereocenters. The molecule has 244 valence electrons. The lowest BCUT2D eigenvalue weighted by Gasteiger charge is -2.31. The molecule has 3 aliphatic rings. The molecular weight excluding hydrogens is 673 g/mol. The largest absolute Gasteiger partial charge is 0.491 e. The summed E-state index contributed by atoms with van der Waals surface area (Å²) in [6.07, 6.45) is 2.34. The third kappa shape index (κ3) is 5.42.